The Hall–Kier alpha value is -5.60. The van der Waals surface area contributed by atoms with Crippen molar-refractivity contribution in [2.75, 3.05) is 0 Å². The van der Waals surface area contributed by atoms with E-state index in [1.165, 1.54) is 66.0 Å². The number of aromatic nitrogens is 1. The highest BCUT2D eigenvalue weighted by atomic mass is 16.5. The van der Waals surface area contributed by atoms with Crippen molar-refractivity contribution < 1.29 is 4.74 Å². The molecular weight excluding hydrogens is 522 g/mol. The molecule has 7 aromatic carbocycles. The lowest BCUT2D eigenvalue weighted by Crippen LogP contribution is -2.32. The molecule has 8 aromatic rings. The molecular formula is C41H25NO. The SMILES string of the molecule is c1ccc2c(c1)Oc1ccc(-n3c4ccccc4c4cc5ccccc5cc43)cc1C21c2ccccc2-c2ccccc21. The summed E-state index contributed by atoms with van der Waals surface area (Å²) in [6.45, 7) is 0. The minimum absolute atomic E-state index is 0.487. The zero-order valence-corrected chi connectivity index (χ0v) is 23.3. The highest BCUT2D eigenvalue weighted by molar-refractivity contribution is 6.13. The van der Waals surface area contributed by atoms with E-state index >= 15 is 0 Å². The van der Waals surface area contributed by atoms with Crippen molar-refractivity contribution in [3.05, 3.63) is 174 Å². The van der Waals surface area contributed by atoms with Crippen LogP contribution >= 0.6 is 0 Å². The first-order valence-electron chi connectivity index (χ1n) is 14.9. The van der Waals surface area contributed by atoms with Crippen molar-refractivity contribution in [2.45, 2.75) is 5.41 Å². The third-order valence-electron chi connectivity index (χ3n) is 9.63. The number of benzene rings is 7. The summed E-state index contributed by atoms with van der Waals surface area (Å²) in [5, 5.41) is 5.02. The molecule has 2 aliphatic rings. The van der Waals surface area contributed by atoms with E-state index in [4.69, 9.17) is 4.74 Å². The van der Waals surface area contributed by atoms with E-state index < -0.39 is 5.41 Å². The van der Waals surface area contributed by atoms with Gasteiger partial charge in [-0.1, -0.05) is 109 Å². The maximum absolute atomic E-state index is 6.69. The highest BCUT2D eigenvalue weighted by Gasteiger charge is 2.51. The lowest BCUT2D eigenvalue weighted by molar-refractivity contribution is 0.436. The van der Waals surface area contributed by atoms with Gasteiger partial charge in [-0.2, -0.15) is 0 Å². The van der Waals surface area contributed by atoms with Gasteiger partial charge in [-0.15, -0.1) is 0 Å². The van der Waals surface area contributed by atoms with Gasteiger partial charge in [0, 0.05) is 27.6 Å². The summed E-state index contributed by atoms with van der Waals surface area (Å²) in [6, 6.07) is 55.2. The van der Waals surface area contributed by atoms with E-state index in [-0.39, 0.29) is 0 Å². The van der Waals surface area contributed by atoms with Gasteiger partial charge >= 0.3 is 0 Å². The van der Waals surface area contributed by atoms with Gasteiger partial charge in [-0.3, -0.25) is 0 Å². The van der Waals surface area contributed by atoms with Crippen LogP contribution in [0.4, 0.5) is 0 Å². The summed E-state index contributed by atoms with van der Waals surface area (Å²) in [6.07, 6.45) is 0. The Kier molecular flexibility index (Phi) is 4.41. The molecule has 0 atom stereocenters. The number of para-hydroxylation sites is 2. The van der Waals surface area contributed by atoms with Gasteiger partial charge in [0.25, 0.3) is 0 Å². The van der Waals surface area contributed by atoms with Crippen LogP contribution in [0.1, 0.15) is 22.3 Å². The normalized spacial score (nSPS) is 14.0. The van der Waals surface area contributed by atoms with Crippen molar-refractivity contribution in [2.24, 2.45) is 0 Å². The average molecular weight is 548 g/mol. The van der Waals surface area contributed by atoms with Crippen LogP contribution in [-0.2, 0) is 5.41 Å². The summed E-state index contributed by atoms with van der Waals surface area (Å²) in [5.41, 5.74) is 10.6. The van der Waals surface area contributed by atoms with Gasteiger partial charge < -0.3 is 9.30 Å². The fourth-order valence-corrected chi connectivity index (χ4v) is 7.92. The van der Waals surface area contributed by atoms with Gasteiger partial charge in [0.1, 0.15) is 11.5 Å². The Bertz CT molecular complexity index is 2400. The van der Waals surface area contributed by atoms with E-state index in [9.17, 15) is 0 Å². The van der Waals surface area contributed by atoms with E-state index in [2.05, 4.69) is 156 Å². The first-order valence-corrected chi connectivity index (χ1v) is 14.9. The first kappa shape index (κ1) is 23.0. The Morgan fingerprint density at radius 3 is 1.81 bits per heavy atom. The van der Waals surface area contributed by atoms with Crippen LogP contribution in [-0.4, -0.2) is 4.57 Å². The third-order valence-corrected chi connectivity index (χ3v) is 9.63. The Labute approximate surface area is 249 Å². The molecule has 10 rings (SSSR count). The van der Waals surface area contributed by atoms with E-state index in [0.29, 0.717) is 0 Å². The molecule has 0 saturated heterocycles. The summed E-state index contributed by atoms with van der Waals surface area (Å²) >= 11 is 0. The molecule has 1 spiro atoms. The molecule has 0 radical (unpaired) electrons. The molecule has 0 amide bonds. The third kappa shape index (κ3) is 2.88. The molecule has 43 heavy (non-hydrogen) atoms. The minimum atomic E-state index is -0.487. The van der Waals surface area contributed by atoms with Gasteiger partial charge in [0.15, 0.2) is 0 Å². The van der Waals surface area contributed by atoms with E-state index in [1.54, 1.807) is 0 Å². The van der Waals surface area contributed by atoms with Crippen LogP contribution in [0.2, 0.25) is 0 Å². The van der Waals surface area contributed by atoms with Crippen molar-refractivity contribution >= 4 is 32.6 Å². The van der Waals surface area contributed by atoms with Crippen LogP contribution in [0.25, 0.3) is 49.4 Å². The smallest absolute Gasteiger partial charge is 0.132 e. The molecule has 1 aliphatic heterocycles. The van der Waals surface area contributed by atoms with Gasteiger partial charge in [-0.25, -0.2) is 0 Å². The molecule has 0 N–H and O–H groups in total. The first-order chi connectivity index (χ1) is 21.3. The van der Waals surface area contributed by atoms with Crippen LogP contribution in [0.15, 0.2) is 152 Å². The second kappa shape index (κ2) is 8.24. The molecule has 0 saturated carbocycles. The zero-order chi connectivity index (χ0) is 28.1. The number of rotatable bonds is 1. The maximum Gasteiger partial charge on any atom is 0.132 e. The fourth-order valence-electron chi connectivity index (χ4n) is 7.92. The molecule has 0 unspecified atom stereocenters. The largest absolute Gasteiger partial charge is 0.457 e. The second-order valence-corrected chi connectivity index (χ2v) is 11.7. The predicted octanol–water partition coefficient (Wildman–Crippen LogP) is 10.4. The average Bonchev–Trinajstić information content (AvgIpc) is 3.54. The zero-order valence-electron chi connectivity index (χ0n) is 23.3. The van der Waals surface area contributed by atoms with Gasteiger partial charge in [0.05, 0.1) is 16.4 Å². The minimum Gasteiger partial charge on any atom is -0.457 e. The van der Waals surface area contributed by atoms with Crippen LogP contribution in [0, 0.1) is 0 Å². The Morgan fingerprint density at radius 2 is 1.02 bits per heavy atom. The van der Waals surface area contributed by atoms with Crippen LogP contribution in [0.5, 0.6) is 11.5 Å². The van der Waals surface area contributed by atoms with Crippen molar-refractivity contribution in [1.82, 2.24) is 4.57 Å². The van der Waals surface area contributed by atoms with E-state index in [0.717, 1.165) is 17.2 Å². The monoisotopic (exact) mass is 547 g/mol. The lowest BCUT2D eigenvalue weighted by Gasteiger charge is -2.39. The van der Waals surface area contributed by atoms with Gasteiger partial charge in [0.2, 0.25) is 0 Å². The number of hydrogen-bond donors (Lipinski definition) is 0. The molecule has 2 nitrogen and oxygen atoms in total. The molecule has 1 aromatic heterocycles. The quantitative estimate of drug-likeness (QED) is 0.199. The van der Waals surface area contributed by atoms with Crippen LogP contribution in [0.3, 0.4) is 0 Å². The van der Waals surface area contributed by atoms with Crippen molar-refractivity contribution in [3.63, 3.8) is 0 Å². The number of ether oxygens (including phenoxy) is 1. The molecule has 1 aliphatic carbocycles. The van der Waals surface area contributed by atoms with Crippen molar-refractivity contribution in [3.8, 4) is 28.3 Å². The summed E-state index contributed by atoms with van der Waals surface area (Å²) in [4.78, 5) is 0. The summed E-state index contributed by atoms with van der Waals surface area (Å²) in [7, 11) is 0. The second-order valence-electron chi connectivity index (χ2n) is 11.7. The van der Waals surface area contributed by atoms with Crippen LogP contribution < -0.4 is 4.74 Å². The standard InChI is InChI=1S/C41H25NO/c1-2-12-27-24-38-32(23-26(27)11-1)31-15-5-9-19-37(31)42(38)28-21-22-40-36(25-28)41(35-18-8-10-20-39(35)43-40)33-16-6-3-13-29(33)30-14-4-7-17-34(30)41/h1-25H. The van der Waals surface area contributed by atoms with Gasteiger partial charge in [-0.05, 0) is 75.5 Å². The highest BCUT2D eigenvalue weighted by Crippen LogP contribution is 2.62. The topological polar surface area (TPSA) is 14.2 Å². The Morgan fingerprint density at radius 1 is 0.419 bits per heavy atom. The molecule has 2 heterocycles. The Balaban J connectivity index is 1.34. The molecule has 2 heteroatoms. The number of hydrogen-bond acceptors (Lipinski definition) is 1. The van der Waals surface area contributed by atoms with E-state index in [1.807, 2.05) is 0 Å². The number of nitrogens with zero attached hydrogens (tertiary/aromatic N) is 1. The van der Waals surface area contributed by atoms with Crippen molar-refractivity contribution in [1.29, 1.82) is 0 Å². The number of fused-ring (bicyclic) bond motifs is 13. The lowest BCUT2D eigenvalue weighted by atomic mass is 9.66. The molecule has 0 fully saturated rings. The predicted molar refractivity (Wildman–Crippen MR) is 176 cm³/mol. The molecule has 0 bridgehead atoms. The maximum atomic E-state index is 6.69. The summed E-state index contributed by atoms with van der Waals surface area (Å²) < 4.78 is 9.12. The fraction of sp³-hybridized carbons (Fsp3) is 0.0244. The summed E-state index contributed by atoms with van der Waals surface area (Å²) in [5.74, 6) is 1.82. The molecule has 200 valence electrons.